The zero-order chi connectivity index (χ0) is 17.2. The van der Waals surface area contributed by atoms with Gasteiger partial charge < -0.3 is 9.88 Å². The fourth-order valence-electron chi connectivity index (χ4n) is 4.26. The van der Waals surface area contributed by atoms with Crippen LogP contribution in [0, 0.1) is 6.92 Å². The van der Waals surface area contributed by atoms with Crippen LogP contribution in [-0.4, -0.2) is 11.1 Å². The topological polar surface area (TPSA) is 17.0 Å². The fraction of sp³-hybridized carbons (Fsp3) is 0.391. The lowest BCUT2D eigenvalue weighted by Gasteiger charge is -2.18. The molecule has 0 saturated heterocycles. The largest absolute Gasteiger partial charge is 0.343 e. The third-order valence-electron chi connectivity index (χ3n) is 5.62. The van der Waals surface area contributed by atoms with Gasteiger partial charge in [0.2, 0.25) is 0 Å². The predicted molar refractivity (Wildman–Crippen MR) is 106 cm³/mol. The first kappa shape index (κ1) is 16.4. The van der Waals surface area contributed by atoms with Gasteiger partial charge in [-0.25, -0.2) is 0 Å². The van der Waals surface area contributed by atoms with E-state index in [9.17, 15) is 0 Å². The minimum Gasteiger partial charge on any atom is -0.343 e. The number of hydrogen-bond acceptors (Lipinski definition) is 1. The van der Waals surface area contributed by atoms with Crippen LogP contribution >= 0.6 is 0 Å². The average Bonchev–Trinajstić information content (AvgIpc) is 2.96. The van der Waals surface area contributed by atoms with Gasteiger partial charge in [0.15, 0.2) is 0 Å². The van der Waals surface area contributed by atoms with E-state index in [1.54, 1.807) is 11.3 Å². The van der Waals surface area contributed by atoms with Crippen molar-refractivity contribution in [2.75, 3.05) is 6.54 Å². The number of rotatable bonds is 5. The van der Waals surface area contributed by atoms with E-state index in [2.05, 4.69) is 72.3 Å². The van der Waals surface area contributed by atoms with Gasteiger partial charge in [-0.1, -0.05) is 42.0 Å². The molecule has 1 aliphatic rings. The smallest absolute Gasteiger partial charge is 0.0486 e. The molecular formula is C23H28N2. The zero-order valence-electron chi connectivity index (χ0n) is 15.4. The minimum atomic E-state index is 0.390. The molecular weight excluding hydrogens is 304 g/mol. The van der Waals surface area contributed by atoms with Crippen LogP contribution in [0.3, 0.4) is 0 Å². The molecule has 0 radical (unpaired) electrons. The summed E-state index contributed by atoms with van der Waals surface area (Å²) in [4.78, 5) is 0. The maximum absolute atomic E-state index is 3.70. The first-order valence-corrected chi connectivity index (χ1v) is 9.63. The molecule has 1 N–H and O–H groups in total. The molecule has 1 aromatic heterocycles. The second-order valence-electron chi connectivity index (χ2n) is 7.39. The zero-order valence-corrected chi connectivity index (χ0v) is 15.4. The van der Waals surface area contributed by atoms with Gasteiger partial charge in [0.25, 0.3) is 0 Å². The average molecular weight is 332 g/mol. The number of benzene rings is 2. The van der Waals surface area contributed by atoms with E-state index in [1.807, 2.05) is 0 Å². The molecule has 0 amide bonds. The molecule has 1 heterocycles. The first-order valence-electron chi connectivity index (χ1n) is 9.63. The fourth-order valence-corrected chi connectivity index (χ4v) is 4.26. The second-order valence-corrected chi connectivity index (χ2v) is 7.39. The molecule has 0 aliphatic heterocycles. The van der Waals surface area contributed by atoms with Gasteiger partial charge in [-0.3, -0.25) is 0 Å². The van der Waals surface area contributed by atoms with Crippen LogP contribution in [0.25, 0.3) is 10.9 Å². The number of aryl methyl sites for hydroxylation is 2. The van der Waals surface area contributed by atoms with Crippen LogP contribution in [0.2, 0.25) is 0 Å². The van der Waals surface area contributed by atoms with Gasteiger partial charge in [0.1, 0.15) is 0 Å². The normalized spacial score (nSPS) is 15.3. The summed E-state index contributed by atoms with van der Waals surface area (Å²) in [7, 11) is 0. The Morgan fingerprint density at radius 1 is 1.04 bits per heavy atom. The van der Waals surface area contributed by atoms with Crippen LogP contribution in [0.5, 0.6) is 0 Å². The van der Waals surface area contributed by atoms with Crippen molar-refractivity contribution < 1.29 is 0 Å². The lowest BCUT2D eigenvalue weighted by atomic mass is 9.95. The summed E-state index contributed by atoms with van der Waals surface area (Å²) in [5.41, 5.74) is 7.35. The Morgan fingerprint density at radius 3 is 2.68 bits per heavy atom. The van der Waals surface area contributed by atoms with E-state index in [0.29, 0.717) is 6.04 Å². The van der Waals surface area contributed by atoms with E-state index in [-0.39, 0.29) is 0 Å². The standard InChI is InChI=1S/C23H28N2/c1-17-12-13-23-21(16-17)20-10-6-7-11-22(20)25(23)15-14-24-18(2)19-8-4-3-5-9-19/h3-5,8-9,12-13,16,18,24H,6-7,10-11,14-15H2,1-2H3/t18-/m0/s1. The molecule has 3 aromatic rings. The van der Waals surface area contributed by atoms with Crippen molar-refractivity contribution >= 4 is 10.9 Å². The number of nitrogens with zero attached hydrogens (tertiary/aromatic N) is 1. The van der Waals surface area contributed by atoms with Crippen LogP contribution in [-0.2, 0) is 19.4 Å². The number of nitrogens with one attached hydrogen (secondary N) is 1. The van der Waals surface area contributed by atoms with Crippen LogP contribution in [0.1, 0.15) is 48.2 Å². The summed E-state index contributed by atoms with van der Waals surface area (Å²) in [6, 6.07) is 18.1. The summed E-state index contributed by atoms with van der Waals surface area (Å²) in [6.45, 7) is 6.50. The van der Waals surface area contributed by atoms with Crippen molar-refractivity contribution in [2.24, 2.45) is 0 Å². The van der Waals surface area contributed by atoms with Crippen molar-refractivity contribution in [3.63, 3.8) is 0 Å². The second kappa shape index (κ2) is 7.05. The van der Waals surface area contributed by atoms with Crippen molar-refractivity contribution in [1.82, 2.24) is 9.88 Å². The Hall–Kier alpha value is -2.06. The molecule has 1 aliphatic carbocycles. The summed E-state index contributed by atoms with van der Waals surface area (Å²) in [6.07, 6.45) is 5.15. The van der Waals surface area contributed by atoms with E-state index in [4.69, 9.17) is 0 Å². The Labute approximate surface area is 150 Å². The molecule has 4 rings (SSSR count). The predicted octanol–water partition coefficient (Wildman–Crippen LogP) is 5.18. The highest BCUT2D eigenvalue weighted by Crippen LogP contribution is 2.32. The van der Waals surface area contributed by atoms with Gasteiger partial charge in [0.05, 0.1) is 0 Å². The highest BCUT2D eigenvalue weighted by molar-refractivity contribution is 5.86. The van der Waals surface area contributed by atoms with Gasteiger partial charge in [0, 0.05) is 35.7 Å². The van der Waals surface area contributed by atoms with Crippen LogP contribution in [0.15, 0.2) is 48.5 Å². The number of fused-ring (bicyclic) bond motifs is 3. The molecule has 25 heavy (non-hydrogen) atoms. The summed E-state index contributed by atoms with van der Waals surface area (Å²) < 4.78 is 2.58. The molecule has 2 heteroatoms. The van der Waals surface area contributed by atoms with Gasteiger partial charge >= 0.3 is 0 Å². The van der Waals surface area contributed by atoms with Crippen molar-refractivity contribution in [2.45, 2.75) is 52.1 Å². The monoisotopic (exact) mass is 332 g/mol. The lowest BCUT2D eigenvalue weighted by molar-refractivity contribution is 0.522. The van der Waals surface area contributed by atoms with E-state index in [1.165, 1.54) is 47.7 Å². The third kappa shape index (κ3) is 3.23. The molecule has 0 saturated carbocycles. The summed E-state index contributed by atoms with van der Waals surface area (Å²) >= 11 is 0. The van der Waals surface area contributed by atoms with E-state index < -0.39 is 0 Å². The van der Waals surface area contributed by atoms with E-state index in [0.717, 1.165) is 13.1 Å². The summed E-state index contributed by atoms with van der Waals surface area (Å²) in [5, 5.41) is 5.19. The van der Waals surface area contributed by atoms with Crippen molar-refractivity contribution in [3.05, 3.63) is 70.9 Å². The quantitative estimate of drug-likeness (QED) is 0.681. The molecule has 1 atom stereocenters. The Kier molecular flexibility index (Phi) is 4.63. The highest BCUT2D eigenvalue weighted by Gasteiger charge is 2.19. The molecule has 2 nitrogen and oxygen atoms in total. The Morgan fingerprint density at radius 2 is 1.84 bits per heavy atom. The molecule has 0 spiro atoms. The van der Waals surface area contributed by atoms with Gasteiger partial charge in [-0.05, 0) is 62.8 Å². The van der Waals surface area contributed by atoms with Gasteiger partial charge in [-0.2, -0.15) is 0 Å². The number of aromatic nitrogens is 1. The molecule has 0 unspecified atom stereocenters. The van der Waals surface area contributed by atoms with Crippen LogP contribution in [0.4, 0.5) is 0 Å². The Bertz CT molecular complexity index is 861. The summed E-state index contributed by atoms with van der Waals surface area (Å²) in [5.74, 6) is 0. The van der Waals surface area contributed by atoms with Crippen molar-refractivity contribution in [3.8, 4) is 0 Å². The number of hydrogen-bond donors (Lipinski definition) is 1. The maximum atomic E-state index is 3.70. The minimum absolute atomic E-state index is 0.390. The SMILES string of the molecule is Cc1ccc2c(c1)c1c(n2CCN[C@@H](C)c2ccccc2)CCCC1. The van der Waals surface area contributed by atoms with E-state index >= 15 is 0 Å². The molecule has 0 fully saturated rings. The third-order valence-corrected chi connectivity index (χ3v) is 5.62. The first-order chi connectivity index (χ1) is 12.2. The van der Waals surface area contributed by atoms with Crippen molar-refractivity contribution in [1.29, 1.82) is 0 Å². The molecule has 2 aromatic carbocycles. The maximum Gasteiger partial charge on any atom is 0.0486 e. The van der Waals surface area contributed by atoms with Gasteiger partial charge in [-0.15, -0.1) is 0 Å². The lowest BCUT2D eigenvalue weighted by Crippen LogP contribution is -2.24. The molecule has 130 valence electrons. The Balaban J connectivity index is 1.55. The molecule has 0 bridgehead atoms. The van der Waals surface area contributed by atoms with Crippen LogP contribution < -0.4 is 5.32 Å². The highest BCUT2D eigenvalue weighted by atomic mass is 15.0.